The molecule has 0 amide bonds. The average Bonchev–Trinajstić information content (AvgIpc) is 0. The molecule has 0 rings (SSSR count). The molecule has 0 aromatic heterocycles. The van der Waals surface area contributed by atoms with Gasteiger partial charge in [-0.1, -0.05) is 0 Å². The van der Waals surface area contributed by atoms with Gasteiger partial charge in [-0.15, -0.1) is 0 Å². The molecule has 0 saturated heterocycles. The van der Waals surface area contributed by atoms with Gasteiger partial charge in [0, 0.05) is 42.8 Å². The zero-order chi connectivity index (χ0) is 0. The molecule has 0 saturated carbocycles. The quantitative estimate of drug-likeness (QED) is 0.469. The van der Waals surface area contributed by atoms with Crippen molar-refractivity contribution in [2.75, 3.05) is 0 Å². The maximum atomic E-state index is 0. The summed E-state index contributed by atoms with van der Waals surface area (Å²) in [6.07, 6.45) is 0. The smallest absolute Gasteiger partial charge is 0 e. The molecule has 0 radical (unpaired) electrons. The normalized spacial score (nSPS) is 0. The van der Waals surface area contributed by atoms with Crippen LogP contribution in [0.3, 0.4) is 0 Å². The van der Waals surface area contributed by atoms with Gasteiger partial charge in [0.25, 0.3) is 0 Å². The molecule has 0 aromatic rings. The minimum atomic E-state index is 0. The fraction of sp³-hybridized carbons (Fsp3) is 0. The Hall–Kier alpha value is 1.28. The van der Waals surface area contributed by atoms with Crippen molar-refractivity contribution in [3.05, 3.63) is 0 Å². The number of hydrogen-bond donors (Lipinski definition) is 0. The third kappa shape index (κ3) is 34.6. The summed E-state index contributed by atoms with van der Waals surface area (Å²) in [6, 6.07) is 0. The molecule has 0 atom stereocenters. The fourth-order valence-electron chi connectivity index (χ4n) is 0. The molecule has 0 fully saturated rings. The minimum Gasteiger partial charge on any atom is -2.00 e. The predicted octanol–water partition coefficient (Wildman–Crippen LogP) is -0.361. The summed E-state index contributed by atoms with van der Waals surface area (Å²) in [5, 5.41) is 0. The van der Waals surface area contributed by atoms with E-state index in [1.807, 2.05) is 0 Å². The molecule has 0 heterocycles. The van der Waals surface area contributed by atoms with Crippen LogP contribution in [0.4, 0.5) is 0 Å². The van der Waals surface area contributed by atoms with Gasteiger partial charge in [0.05, 0.1) is 0 Å². The van der Waals surface area contributed by atoms with Crippen molar-refractivity contribution in [1.29, 1.82) is 0 Å². The van der Waals surface area contributed by atoms with Crippen LogP contribution in [-0.2, 0) is 59.2 Å². The summed E-state index contributed by atoms with van der Waals surface area (Å²) in [5.74, 6) is 0. The number of rotatable bonds is 0. The second kappa shape index (κ2) is 58.9. The molecule has 5 heavy (non-hydrogen) atoms. The van der Waals surface area contributed by atoms with Crippen LogP contribution in [0.25, 0.3) is 0 Å². The molecule has 0 aliphatic heterocycles. The second-order valence-corrected chi connectivity index (χ2v) is 0. The summed E-state index contributed by atoms with van der Waals surface area (Å²) >= 11 is 0. The monoisotopic (exact) mass is 194 g/mol. The van der Waals surface area contributed by atoms with Crippen molar-refractivity contribution in [2.45, 2.75) is 0 Å². The van der Waals surface area contributed by atoms with E-state index in [9.17, 15) is 0 Å². The van der Waals surface area contributed by atoms with Gasteiger partial charge < -0.3 is 16.4 Å². The van der Waals surface area contributed by atoms with Crippen LogP contribution in [-0.4, -0.2) is 0 Å². The molecule has 0 unspecified atom stereocenters. The molecule has 0 aliphatic rings. The van der Waals surface area contributed by atoms with Gasteiger partial charge in [-0.3, -0.25) is 0 Å². The molecule has 5 heteroatoms. The van der Waals surface area contributed by atoms with E-state index < -0.39 is 0 Å². The van der Waals surface area contributed by atoms with Crippen molar-refractivity contribution in [3.8, 4) is 0 Å². The Morgan fingerprint density at radius 2 is 0.600 bits per heavy atom. The first kappa shape index (κ1) is 107. The Kier molecular flexibility index (Phi) is 1260. The standard InChI is InChI=1S/Mo.3O.Ti/q;3*-2;. The molecular weight excluding hydrogens is 192 g/mol. The minimum absolute atomic E-state index is 0. The van der Waals surface area contributed by atoms with Crippen LogP contribution in [0, 0.1) is 0 Å². The van der Waals surface area contributed by atoms with Crippen molar-refractivity contribution in [1.82, 2.24) is 0 Å². The van der Waals surface area contributed by atoms with Gasteiger partial charge in [0.15, 0.2) is 0 Å². The van der Waals surface area contributed by atoms with Crippen LogP contribution in [0.5, 0.6) is 0 Å². The maximum Gasteiger partial charge on any atom is 0 e. The first-order chi connectivity index (χ1) is 0. The van der Waals surface area contributed by atoms with Gasteiger partial charge in [-0.25, -0.2) is 0 Å². The van der Waals surface area contributed by atoms with Crippen molar-refractivity contribution >= 4 is 0 Å². The Labute approximate surface area is 59.2 Å². The van der Waals surface area contributed by atoms with E-state index in [1.165, 1.54) is 0 Å². The third-order valence-electron chi connectivity index (χ3n) is 0. The maximum absolute atomic E-state index is 0. The third-order valence-corrected chi connectivity index (χ3v) is 0. The molecule has 0 spiro atoms. The fourth-order valence-corrected chi connectivity index (χ4v) is 0. The van der Waals surface area contributed by atoms with Gasteiger partial charge in [-0.2, -0.15) is 0 Å². The van der Waals surface area contributed by atoms with E-state index in [4.69, 9.17) is 0 Å². The van der Waals surface area contributed by atoms with Gasteiger partial charge in [0.2, 0.25) is 0 Å². The van der Waals surface area contributed by atoms with Crippen LogP contribution in [0.1, 0.15) is 0 Å². The Balaban J connectivity index is 0. The molecule has 3 nitrogen and oxygen atoms in total. The molecule has 0 bridgehead atoms. The van der Waals surface area contributed by atoms with E-state index in [2.05, 4.69) is 0 Å². The summed E-state index contributed by atoms with van der Waals surface area (Å²) in [5.41, 5.74) is 0. The van der Waals surface area contributed by atoms with Gasteiger partial charge in [-0.05, 0) is 0 Å². The predicted molar refractivity (Wildman–Crippen MR) is 2.06 cm³/mol. The van der Waals surface area contributed by atoms with Crippen molar-refractivity contribution in [2.24, 2.45) is 0 Å². The van der Waals surface area contributed by atoms with Crippen molar-refractivity contribution < 1.29 is 59.2 Å². The summed E-state index contributed by atoms with van der Waals surface area (Å²) in [4.78, 5) is 0. The molecule has 0 aromatic carbocycles. The Bertz CT molecular complexity index is 6.85. The molecule has 0 N–H and O–H groups in total. The topological polar surface area (TPSA) is 85.5 Å². The van der Waals surface area contributed by atoms with Crippen LogP contribution in [0.15, 0.2) is 0 Å². The molecule has 34 valence electrons. The Morgan fingerprint density at radius 1 is 0.600 bits per heavy atom. The SMILES string of the molecule is [Mo].[O-2].[O-2].[O-2].[Ti]. The van der Waals surface area contributed by atoms with Crippen LogP contribution >= 0.6 is 0 Å². The van der Waals surface area contributed by atoms with Gasteiger partial charge >= 0.3 is 0 Å². The second-order valence-electron chi connectivity index (χ2n) is 0. The first-order valence-electron chi connectivity index (χ1n) is 0. The van der Waals surface area contributed by atoms with Crippen molar-refractivity contribution in [3.63, 3.8) is 0 Å². The largest absolute Gasteiger partial charge is 2.00 e. The van der Waals surface area contributed by atoms with E-state index in [1.54, 1.807) is 0 Å². The summed E-state index contributed by atoms with van der Waals surface area (Å²) < 4.78 is 0. The van der Waals surface area contributed by atoms with Crippen LogP contribution < -0.4 is 0 Å². The summed E-state index contributed by atoms with van der Waals surface area (Å²) in [6.45, 7) is 0. The first-order valence-corrected chi connectivity index (χ1v) is 0. The molecule has 0 aliphatic carbocycles. The zero-order valence-electron chi connectivity index (χ0n) is 2.13. The summed E-state index contributed by atoms with van der Waals surface area (Å²) in [7, 11) is 0. The van der Waals surface area contributed by atoms with E-state index in [0.29, 0.717) is 0 Å². The van der Waals surface area contributed by atoms with E-state index in [0.717, 1.165) is 0 Å². The number of hydrogen-bond acceptors (Lipinski definition) is 0. The van der Waals surface area contributed by atoms with E-state index >= 15 is 0 Å². The molecular formula is MoO3Ti-6. The Morgan fingerprint density at radius 3 is 0.600 bits per heavy atom. The van der Waals surface area contributed by atoms with Gasteiger partial charge in [0.1, 0.15) is 0 Å². The average molecular weight is 192 g/mol. The van der Waals surface area contributed by atoms with Crippen LogP contribution in [0.2, 0.25) is 0 Å². The zero-order valence-corrected chi connectivity index (χ0v) is 5.70. The van der Waals surface area contributed by atoms with E-state index in [-0.39, 0.29) is 59.2 Å².